The van der Waals surface area contributed by atoms with Gasteiger partial charge in [0.25, 0.3) is 0 Å². The number of aromatic nitrogens is 2. The average molecular weight is 296 g/mol. The van der Waals surface area contributed by atoms with Crippen LogP contribution in [-0.2, 0) is 6.54 Å². The van der Waals surface area contributed by atoms with E-state index in [1.165, 1.54) is 10.6 Å². The zero-order valence-electron chi connectivity index (χ0n) is 12.0. The Bertz CT molecular complexity index is 547. The van der Waals surface area contributed by atoms with E-state index in [1.54, 1.807) is 22.7 Å². The molecule has 19 heavy (non-hydrogen) atoms. The topological polar surface area (TPSA) is 41.1 Å². The lowest BCUT2D eigenvalue weighted by molar-refractivity contribution is 0.246. The minimum Gasteiger partial charge on any atom is -0.365 e. The Kier molecular flexibility index (Phi) is 4.54. The van der Waals surface area contributed by atoms with E-state index in [-0.39, 0.29) is 0 Å². The van der Waals surface area contributed by atoms with Crippen molar-refractivity contribution in [3.8, 4) is 0 Å². The molecule has 0 saturated carbocycles. The molecule has 0 radical (unpaired) electrons. The van der Waals surface area contributed by atoms with Crippen LogP contribution < -0.4 is 5.32 Å². The molecule has 104 valence electrons. The van der Waals surface area contributed by atoms with Crippen molar-refractivity contribution in [2.45, 2.75) is 33.4 Å². The van der Waals surface area contributed by atoms with Crippen LogP contribution in [0.25, 0.3) is 0 Å². The van der Waals surface area contributed by atoms with Crippen LogP contribution in [0.15, 0.2) is 5.38 Å². The molecule has 2 aromatic heterocycles. The Morgan fingerprint density at radius 3 is 2.63 bits per heavy atom. The van der Waals surface area contributed by atoms with E-state index in [0.717, 1.165) is 22.4 Å². The third-order valence-corrected chi connectivity index (χ3v) is 4.98. The molecule has 4 nitrogen and oxygen atoms in total. The van der Waals surface area contributed by atoms with E-state index in [9.17, 15) is 0 Å². The van der Waals surface area contributed by atoms with Gasteiger partial charge >= 0.3 is 0 Å². The lowest BCUT2D eigenvalue weighted by Gasteiger charge is -2.23. The number of aryl methyl sites for hydroxylation is 2. The Hall–Kier alpha value is -0.980. The lowest BCUT2D eigenvalue weighted by atomic mass is 10.2. The predicted octanol–water partition coefficient (Wildman–Crippen LogP) is 3.45. The number of hydrogen-bond donors (Lipinski definition) is 1. The predicted molar refractivity (Wildman–Crippen MR) is 83.1 cm³/mol. The number of anilines is 1. The molecular formula is C13H20N4S2. The lowest BCUT2D eigenvalue weighted by Crippen LogP contribution is -2.23. The summed E-state index contributed by atoms with van der Waals surface area (Å²) in [6, 6.07) is 0.310. The minimum absolute atomic E-state index is 0.310. The highest BCUT2D eigenvalue weighted by atomic mass is 32.1. The first-order valence-electron chi connectivity index (χ1n) is 6.27. The molecule has 0 spiro atoms. The third-order valence-electron chi connectivity index (χ3n) is 3.17. The molecule has 2 heterocycles. The molecule has 0 aliphatic rings. The molecule has 1 atom stereocenters. The normalized spacial score (nSPS) is 12.9. The molecule has 0 saturated heterocycles. The van der Waals surface area contributed by atoms with Crippen LogP contribution >= 0.6 is 22.7 Å². The second-order valence-corrected chi connectivity index (χ2v) is 6.92. The SMILES string of the molecule is CNc1nc(CN(C)[C@H](C)c2nc(C)sc2C)cs1. The van der Waals surface area contributed by atoms with Crippen LogP contribution in [0.3, 0.4) is 0 Å². The molecular weight excluding hydrogens is 276 g/mol. The van der Waals surface area contributed by atoms with Gasteiger partial charge in [-0.2, -0.15) is 0 Å². The summed E-state index contributed by atoms with van der Waals surface area (Å²) in [7, 11) is 4.02. The Balaban J connectivity index is 2.06. The van der Waals surface area contributed by atoms with Crippen molar-refractivity contribution in [1.82, 2.24) is 14.9 Å². The van der Waals surface area contributed by atoms with Gasteiger partial charge in [-0.3, -0.25) is 4.90 Å². The molecule has 0 aliphatic carbocycles. The second-order valence-electron chi connectivity index (χ2n) is 4.66. The Morgan fingerprint density at radius 1 is 1.37 bits per heavy atom. The molecule has 0 amide bonds. The van der Waals surface area contributed by atoms with Gasteiger partial charge in [-0.05, 0) is 27.8 Å². The molecule has 0 fully saturated rings. The van der Waals surface area contributed by atoms with Gasteiger partial charge < -0.3 is 5.32 Å². The molecule has 0 aliphatic heterocycles. The summed E-state index contributed by atoms with van der Waals surface area (Å²) in [6.07, 6.45) is 0. The monoisotopic (exact) mass is 296 g/mol. The molecule has 6 heteroatoms. The molecule has 0 aromatic carbocycles. The zero-order chi connectivity index (χ0) is 14.0. The van der Waals surface area contributed by atoms with Gasteiger partial charge in [0.1, 0.15) is 0 Å². The fraction of sp³-hybridized carbons (Fsp3) is 0.538. The standard InChI is InChI=1S/C13H20N4S2/c1-8(12-9(2)19-10(3)15-12)17(5)6-11-7-18-13(14-4)16-11/h7-8H,6H2,1-5H3,(H,14,16)/t8-/m1/s1. The maximum atomic E-state index is 4.64. The van der Waals surface area contributed by atoms with Gasteiger partial charge in [-0.1, -0.05) is 0 Å². The van der Waals surface area contributed by atoms with Crippen molar-refractivity contribution < 1.29 is 0 Å². The largest absolute Gasteiger partial charge is 0.365 e. The Morgan fingerprint density at radius 2 is 2.11 bits per heavy atom. The van der Waals surface area contributed by atoms with Crippen molar-refractivity contribution in [3.63, 3.8) is 0 Å². The van der Waals surface area contributed by atoms with Gasteiger partial charge in [0.05, 0.1) is 22.4 Å². The smallest absolute Gasteiger partial charge is 0.182 e. The van der Waals surface area contributed by atoms with Crippen molar-refractivity contribution >= 4 is 27.8 Å². The first-order chi connectivity index (χ1) is 9.01. The summed E-state index contributed by atoms with van der Waals surface area (Å²) in [4.78, 5) is 12.8. The van der Waals surface area contributed by atoms with Crippen LogP contribution in [0.1, 0.15) is 34.2 Å². The quantitative estimate of drug-likeness (QED) is 0.917. The van der Waals surface area contributed by atoms with E-state index in [1.807, 2.05) is 7.05 Å². The number of nitrogens with one attached hydrogen (secondary N) is 1. The van der Waals surface area contributed by atoms with Crippen LogP contribution in [-0.4, -0.2) is 29.0 Å². The highest BCUT2D eigenvalue weighted by Gasteiger charge is 2.18. The first-order valence-corrected chi connectivity index (χ1v) is 7.97. The molecule has 0 unspecified atom stereocenters. The maximum absolute atomic E-state index is 4.64. The van der Waals surface area contributed by atoms with Crippen molar-refractivity contribution in [2.24, 2.45) is 0 Å². The van der Waals surface area contributed by atoms with E-state index in [2.05, 4.69) is 53.4 Å². The molecule has 2 aromatic rings. The van der Waals surface area contributed by atoms with Crippen molar-refractivity contribution in [1.29, 1.82) is 0 Å². The first kappa shape index (κ1) is 14.4. The minimum atomic E-state index is 0.310. The number of thiazole rings is 2. The average Bonchev–Trinajstić information content (AvgIpc) is 2.94. The van der Waals surface area contributed by atoms with Crippen LogP contribution in [0.2, 0.25) is 0 Å². The summed E-state index contributed by atoms with van der Waals surface area (Å²) < 4.78 is 0. The number of hydrogen-bond acceptors (Lipinski definition) is 6. The zero-order valence-corrected chi connectivity index (χ0v) is 13.7. The third kappa shape index (κ3) is 3.32. The summed E-state index contributed by atoms with van der Waals surface area (Å²) >= 11 is 3.41. The number of rotatable bonds is 5. The van der Waals surface area contributed by atoms with E-state index in [4.69, 9.17) is 0 Å². The van der Waals surface area contributed by atoms with Gasteiger partial charge in [-0.25, -0.2) is 9.97 Å². The number of nitrogens with zero attached hydrogens (tertiary/aromatic N) is 3. The maximum Gasteiger partial charge on any atom is 0.182 e. The van der Waals surface area contributed by atoms with Crippen LogP contribution in [0, 0.1) is 13.8 Å². The summed E-state index contributed by atoms with van der Waals surface area (Å²) in [5, 5.41) is 7.28. The van der Waals surface area contributed by atoms with Crippen LogP contribution in [0.5, 0.6) is 0 Å². The van der Waals surface area contributed by atoms with Crippen molar-refractivity contribution in [3.05, 3.63) is 26.7 Å². The summed E-state index contributed by atoms with van der Waals surface area (Å²) in [5.41, 5.74) is 2.29. The van der Waals surface area contributed by atoms with Crippen LogP contribution in [0.4, 0.5) is 5.13 Å². The fourth-order valence-electron chi connectivity index (χ4n) is 2.03. The summed E-state index contributed by atoms with van der Waals surface area (Å²) in [6.45, 7) is 7.25. The van der Waals surface area contributed by atoms with E-state index in [0.29, 0.717) is 6.04 Å². The van der Waals surface area contributed by atoms with Gasteiger partial charge in [0, 0.05) is 23.8 Å². The fourth-order valence-corrected chi connectivity index (χ4v) is 3.60. The molecule has 0 bridgehead atoms. The molecule has 2 rings (SSSR count). The Labute approximate surface area is 122 Å². The van der Waals surface area contributed by atoms with Gasteiger partial charge in [-0.15, -0.1) is 22.7 Å². The van der Waals surface area contributed by atoms with E-state index < -0.39 is 0 Å². The van der Waals surface area contributed by atoms with E-state index >= 15 is 0 Å². The highest BCUT2D eigenvalue weighted by Crippen LogP contribution is 2.27. The van der Waals surface area contributed by atoms with Gasteiger partial charge in [0.2, 0.25) is 0 Å². The van der Waals surface area contributed by atoms with Gasteiger partial charge in [0.15, 0.2) is 5.13 Å². The molecule has 1 N–H and O–H groups in total. The highest BCUT2D eigenvalue weighted by molar-refractivity contribution is 7.13. The second kappa shape index (κ2) is 5.98. The van der Waals surface area contributed by atoms with Crippen molar-refractivity contribution in [2.75, 3.05) is 19.4 Å². The summed E-state index contributed by atoms with van der Waals surface area (Å²) in [5.74, 6) is 0.